The van der Waals surface area contributed by atoms with Crippen molar-refractivity contribution in [2.75, 3.05) is 23.9 Å². The van der Waals surface area contributed by atoms with Crippen LogP contribution in [0.4, 0.5) is 5.69 Å². The molecule has 0 aliphatic carbocycles. The molecule has 0 spiro atoms. The van der Waals surface area contributed by atoms with Crippen molar-refractivity contribution >= 4 is 29.3 Å². The zero-order valence-corrected chi connectivity index (χ0v) is 13.8. The maximum atomic E-state index is 12.0. The summed E-state index contributed by atoms with van der Waals surface area (Å²) in [6.07, 6.45) is 0. The van der Waals surface area contributed by atoms with Crippen LogP contribution in [-0.2, 0) is 14.3 Å². The number of rotatable bonds is 7. The third kappa shape index (κ3) is 5.79. The lowest BCUT2D eigenvalue weighted by Crippen LogP contribution is -2.19. The molecule has 4 nitrogen and oxygen atoms in total. The van der Waals surface area contributed by atoms with E-state index in [4.69, 9.17) is 0 Å². The van der Waals surface area contributed by atoms with Gasteiger partial charge in [0.1, 0.15) is 0 Å². The van der Waals surface area contributed by atoms with Crippen molar-refractivity contribution in [3.05, 3.63) is 29.8 Å². The topological polar surface area (TPSA) is 55.4 Å². The number of amides is 1. The Balaban J connectivity index is 2.46. The Morgan fingerprint density at radius 3 is 2.52 bits per heavy atom. The summed E-state index contributed by atoms with van der Waals surface area (Å²) in [4.78, 5) is 23.2. The second kappa shape index (κ2) is 8.72. The summed E-state index contributed by atoms with van der Waals surface area (Å²) in [6, 6.07) is 7.81. The first-order valence-corrected chi connectivity index (χ1v) is 8.15. The van der Waals surface area contributed by atoms with Gasteiger partial charge in [-0.25, -0.2) is 0 Å². The first-order chi connectivity index (χ1) is 9.95. The quantitative estimate of drug-likeness (QED) is 0.785. The van der Waals surface area contributed by atoms with Crippen molar-refractivity contribution in [2.45, 2.75) is 26.7 Å². The second-order valence-corrected chi connectivity index (χ2v) is 6.26. The number of methoxy groups -OCH3 is 1. The first kappa shape index (κ1) is 17.6. The van der Waals surface area contributed by atoms with Gasteiger partial charge in [0.25, 0.3) is 0 Å². The van der Waals surface area contributed by atoms with Crippen LogP contribution in [0.5, 0.6) is 0 Å². The molecule has 5 heteroatoms. The van der Waals surface area contributed by atoms with Crippen molar-refractivity contribution < 1.29 is 14.3 Å². The molecular formula is C16H23NO3S. The Labute approximate surface area is 130 Å². The van der Waals surface area contributed by atoms with Crippen LogP contribution >= 0.6 is 11.8 Å². The maximum absolute atomic E-state index is 12.0. The summed E-state index contributed by atoms with van der Waals surface area (Å²) >= 11 is 1.43. The molecule has 0 fully saturated rings. The minimum atomic E-state index is -0.243. The van der Waals surface area contributed by atoms with Crippen molar-refractivity contribution in [1.82, 2.24) is 0 Å². The van der Waals surface area contributed by atoms with Crippen LogP contribution in [0.15, 0.2) is 24.3 Å². The fourth-order valence-electron chi connectivity index (χ4n) is 1.90. The molecule has 1 unspecified atom stereocenters. The predicted octanol–water partition coefficient (Wildman–Crippen LogP) is 3.29. The molecule has 0 radical (unpaired) electrons. The molecule has 1 aromatic carbocycles. The molecule has 0 aromatic heterocycles. The van der Waals surface area contributed by atoms with Crippen molar-refractivity contribution in [2.24, 2.45) is 5.92 Å². The molecule has 1 N–H and O–H groups in total. The summed E-state index contributed by atoms with van der Waals surface area (Å²) in [5.74, 6) is 0.766. The van der Waals surface area contributed by atoms with Gasteiger partial charge in [0.2, 0.25) is 5.91 Å². The van der Waals surface area contributed by atoms with E-state index >= 15 is 0 Å². The lowest BCUT2D eigenvalue weighted by molar-refractivity contribution is -0.144. The van der Waals surface area contributed by atoms with E-state index in [0.29, 0.717) is 17.4 Å². The summed E-state index contributed by atoms with van der Waals surface area (Å²) < 4.78 is 4.65. The number of esters is 1. The maximum Gasteiger partial charge on any atom is 0.309 e. The van der Waals surface area contributed by atoms with Crippen LogP contribution in [0.3, 0.4) is 0 Å². The second-order valence-electron chi connectivity index (χ2n) is 5.23. The third-order valence-electron chi connectivity index (χ3n) is 3.06. The zero-order valence-electron chi connectivity index (χ0n) is 13.0. The van der Waals surface area contributed by atoms with E-state index in [1.54, 1.807) is 6.92 Å². The third-order valence-corrected chi connectivity index (χ3v) is 4.26. The fraction of sp³-hybridized carbons (Fsp3) is 0.500. The Morgan fingerprint density at radius 1 is 1.24 bits per heavy atom. The van der Waals surface area contributed by atoms with Gasteiger partial charge in [-0.1, -0.05) is 39.0 Å². The van der Waals surface area contributed by atoms with E-state index in [0.717, 1.165) is 11.3 Å². The van der Waals surface area contributed by atoms with Crippen LogP contribution in [-0.4, -0.2) is 30.5 Å². The van der Waals surface area contributed by atoms with Gasteiger partial charge in [-0.3, -0.25) is 9.59 Å². The molecule has 1 aromatic rings. The molecule has 1 amide bonds. The summed E-state index contributed by atoms with van der Waals surface area (Å²) in [5, 5.41) is 2.93. The van der Waals surface area contributed by atoms with Crippen LogP contribution in [0, 0.1) is 5.92 Å². The number of anilines is 1. The molecule has 116 valence electrons. The molecule has 0 saturated heterocycles. The van der Waals surface area contributed by atoms with Gasteiger partial charge in [0.05, 0.1) is 18.8 Å². The van der Waals surface area contributed by atoms with E-state index in [-0.39, 0.29) is 17.8 Å². The Hall–Kier alpha value is -1.49. The highest BCUT2D eigenvalue weighted by Crippen LogP contribution is 2.23. The Morgan fingerprint density at radius 2 is 1.90 bits per heavy atom. The van der Waals surface area contributed by atoms with Crippen molar-refractivity contribution in [3.63, 3.8) is 0 Å². The number of hydrogen-bond acceptors (Lipinski definition) is 4. The molecule has 0 aliphatic heterocycles. The van der Waals surface area contributed by atoms with Crippen LogP contribution in [0.1, 0.15) is 32.3 Å². The number of thioether (sulfide) groups is 1. The monoisotopic (exact) mass is 309 g/mol. The summed E-state index contributed by atoms with van der Waals surface area (Å²) in [5.41, 5.74) is 1.98. The lowest BCUT2D eigenvalue weighted by Gasteiger charge is -2.14. The summed E-state index contributed by atoms with van der Waals surface area (Å²) in [7, 11) is 1.37. The molecule has 0 saturated carbocycles. The van der Waals surface area contributed by atoms with Gasteiger partial charge in [0.15, 0.2) is 0 Å². The van der Waals surface area contributed by atoms with Crippen LogP contribution < -0.4 is 5.32 Å². The van der Waals surface area contributed by atoms with E-state index in [1.807, 2.05) is 24.3 Å². The van der Waals surface area contributed by atoms with E-state index in [9.17, 15) is 9.59 Å². The van der Waals surface area contributed by atoms with Gasteiger partial charge in [-0.15, -0.1) is 0 Å². The average molecular weight is 309 g/mol. The molecular weight excluding hydrogens is 286 g/mol. The molecule has 0 heterocycles. The smallest absolute Gasteiger partial charge is 0.309 e. The van der Waals surface area contributed by atoms with Crippen LogP contribution in [0.25, 0.3) is 0 Å². The average Bonchev–Trinajstić information content (AvgIpc) is 2.46. The van der Waals surface area contributed by atoms with Crippen molar-refractivity contribution in [1.29, 1.82) is 0 Å². The molecule has 1 rings (SSSR count). The first-order valence-electron chi connectivity index (χ1n) is 7.00. The number of nitrogens with one attached hydrogen (secondary N) is 1. The lowest BCUT2D eigenvalue weighted by atomic mass is 10.0. The molecule has 21 heavy (non-hydrogen) atoms. The molecule has 0 bridgehead atoms. The highest BCUT2D eigenvalue weighted by Gasteiger charge is 2.14. The van der Waals surface area contributed by atoms with Gasteiger partial charge in [0, 0.05) is 11.4 Å². The number of ether oxygens (including phenoxy) is 1. The van der Waals surface area contributed by atoms with Crippen LogP contribution in [0.2, 0.25) is 0 Å². The number of carbonyl (C=O) groups is 2. The summed E-state index contributed by atoms with van der Waals surface area (Å²) in [6.45, 7) is 5.99. The molecule has 0 aliphatic rings. The number of hydrogen-bond donors (Lipinski definition) is 1. The predicted molar refractivity (Wildman–Crippen MR) is 87.7 cm³/mol. The standard InChI is InChI=1S/C16H23NO3S/c1-11(2)13-7-5-6-8-14(13)17-15(18)10-21-9-12(3)16(19)20-4/h5-8,11-12H,9-10H2,1-4H3,(H,17,18). The number of benzene rings is 1. The SMILES string of the molecule is COC(=O)C(C)CSCC(=O)Nc1ccccc1C(C)C. The highest BCUT2D eigenvalue weighted by molar-refractivity contribution is 8.00. The van der Waals surface area contributed by atoms with Gasteiger partial charge in [-0.05, 0) is 17.5 Å². The van der Waals surface area contributed by atoms with E-state index in [1.165, 1.54) is 18.9 Å². The Kier molecular flexibility index (Phi) is 7.29. The normalized spacial score (nSPS) is 12.0. The fourth-order valence-corrected chi connectivity index (χ4v) is 2.76. The van der Waals surface area contributed by atoms with E-state index in [2.05, 4.69) is 23.9 Å². The van der Waals surface area contributed by atoms with Gasteiger partial charge < -0.3 is 10.1 Å². The minimum Gasteiger partial charge on any atom is -0.469 e. The van der Waals surface area contributed by atoms with Gasteiger partial charge >= 0.3 is 5.97 Å². The van der Waals surface area contributed by atoms with E-state index < -0.39 is 0 Å². The van der Waals surface area contributed by atoms with Crippen molar-refractivity contribution in [3.8, 4) is 0 Å². The minimum absolute atomic E-state index is 0.0508. The largest absolute Gasteiger partial charge is 0.469 e. The number of carbonyl (C=O) groups excluding carboxylic acids is 2. The number of para-hydroxylation sites is 1. The highest BCUT2D eigenvalue weighted by atomic mass is 32.2. The molecule has 1 atom stereocenters. The van der Waals surface area contributed by atoms with Gasteiger partial charge in [-0.2, -0.15) is 11.8 Å². The Bertz CT molecular complexity index is 488. The zero-order chi connectivity index (χ0) is 15.8.